The van der Waals surface area contributed by atoms with Gasteiger partial charge < -0.3 is 10.6 Å². The molecule has 1 aliphatic heterocycles. The van der Waals surface area contributed by atoms with Crippen molar-refractivity contribution in [2.75, 3.05) is 26.2 Å². The summed E-state index contributed by atoms with van der Waals surface area (Å²) in [6.45, 7) is 7.23. The van der Waals surface area contributed by atoms with E-state index in [0.717, 1.165) is 5.92 Å². The normalized spacial score (nSPS) is 33.9. The second kappa shape index (κ2) is 3.97. The Morgan fingerprint density at radius 1 is 1.46 bits per heavy atom. The molecule has 1 aliphatic carbocycles. The molecule has 1 atom stereocenters. The maximum absolute atomic E-state index is 3.60. The molecule has 1 unspecified atom stereocenters. The van der Waals surface area contributed by atoms with Crippen LogP contribution in [0.25, 0.3) is 0 Å². The van der Waals surface area contributed by atoms with Crippen LogP contribution in [0.3, 0.4) is 0 Å². The summed E-state index contributed by atoms with van der Waals surface area (Å²) in [5.41, 5.74) is 0.531. The summed E-state index contributed by atoms with van der Waals surface area (Å²) in [5, 5.41) is 7.03. The quantitative estimate of drug-likeness (QED) is 0.628. The number of hydrogen-bond donors (Lipinski definition) is 2. The zero-order chi connectivity index (χ0) is 9.15. The zero-order valence-corrected chi connectivity index (χ0v) is 8.73. The van der Waals surface area contributed by atoms with Gasteiger partial charge in [0.15, 0.2) is 0 Å². The van der Waals surface area contributed by atoms with Crippen LogP contribution in [0.5, 0.6) is 0 Å². The Kier molecular flexibility index (Phi) is 2.89. The lowest BCUT2D eigenvalue weighted by Crippen LogP contribution is -2.34. The number of nitrogens with one attached hydrogen (secondary N) is 2. The van der Waals surface area contributed by atoms with Crippen LogP contribution in [-0.4, -0.2) is 26.2 Å². The van der Waals surface area contributed by atoms with Gasteiger partial charge in [0.05, 0.1) is 0 Å². The molecule has 2 nitrogen and oxygen atoms in total. The summed E-state index contributed by atoms with van der Waals surface area (Å²) in [4.78, 5) is 0. The highest BCUT2D eigenvalue weighted by molar-refractivity contribution is 4.85. The van der Waals surface area contributed by atoms with Gasteiger partial charge in [-0.15, -0.1) is 0 Å². The first-order valence-corrected chi connectivity index (χ1v) is 5.70. The SMILES string of the molecule is CC1(CNCCC2CC2)CCNC1. The zero-order valence-electron chi connectivity index (χ0n) is 8.73. The average molecular weight is 182 g/mol. The minimum Gasteiger partial charge on any atom is -0.316 e. The van der Waals surface area contributed by atoms with E-state index in [1.165, 1.54) is 51.9 Å². The van der Waals surface area contributed by atoms with E-state index in [1.807, 2.05) is 0 Å². The first kappa shape index (κ1) is 9.47. The van der Waals surface area contributed by atoms with Crippen molar-refractivity contribution >= 4 is 0 Å². The summed E-state index contributed by atoms with van der Waals surface area (Å²) in [5.74, 6) is 1.07. The fraction of sp³-hybridized carbons (Fsp3) is 1.00. The Balaban J connectivity index is 1.55. The lowest BCUT2D eigenvalue weighted by Gasteiger charge is -2.22. The largest absolute Gasteiger partial charge is 0.316 e. The highest BCUT2D eigenvalue weighted by Crippen LogP contribution is 2.31. The molecule has 2 rings (SSSR count). The third-order valence-electron chi connectivity index (χ3n) is 3.44. The second-order valence-electron chi connectivity index (χ2n) is 5.15. The van der Waals surface area contributed by atoms with Gasteiger partial charge in [0.1, 0.15) is 0 Å². The lowest BCUT2D eigenvalue weighted by atomic mass is 9.90. The molecule has 1 heterocycles. The maximum Gasteiger partial charge on any atom is 0.00178 e. The van der Waals surface area contributed by atoms with Crippen LogP contribution in [0.2, 0.25) is 0 Å². The summed E-state index contributed by atoms with van der Waals surface area (Å²) < 4.78 is 0. The Bertz CT molecular complexity index is 157. The van der Waals surface area contributed by atoms with Gasteiger partial charge in [-0.3, -0.25) is 0 Å². The van der Waals surface area contributed by atoms with Crippen LogP contribution in [0.4, 0.5) is 0 Å². The third kappa shape index (κ3) is 2.96. The van der Waals surface area contributed by atoms with Gasteiger partial charge in [-0.25, -0.2) is 0 Å². The van der Waals surface area contributed by atoms with Crippen molar-refractivity contribution in [3.8, 4) is 0 Å². The van der Waals surface area contributed by atoms with Crippen molar-refractivity contribution in [3.05, 3.63) is 0 Å². The lowest BCUT2D eigenvalue weighted by molar-refractivity contribution is 0.338. The standard InChI is InChI=1S/C11H22N2/c1-11(5-7-13-9-11)8-12-6-4-10-2-3-10/h10,12-13H,2-9H2,1H3. The fourth-order valence-electron chi connectivity index (χ4n) is 2.12. The van der Waals surface area contributed by atoms with E-state index >= 15 is 0 Å². The molecule has 0 bridgehead atoms. The molecule has 2 fully saturated rings. The summed E-state index contributed by atoms with van der Waals surface area (Å²) in [6, 6.07) is 0. The van der Waals surface area contributed by atoms with Crippen molar-refractivity contribution in [1.82, 2.24) is 10.6 Å². The fourth-order valence-corrected chi connectivity index (χ4v) is 2.12. The minimum absolute atomic E-state index is 0.531. The highest BCUT2D eigenvalue weighted by Gasteiger charge is 2.28. The molecule has 0 spiro atoms. The summed E-state index contributed by atoms with van der Waals surface area (Å²) >= 11 is 0. The molecular weight excluding hydrogens is 160 g/mol. The smallest absolute Gasteiger partial charge is 0.00178 e. The Hall–Kier alpha value is -0.0800. The maximum atomic E-state index is 3.60. The second-order valence-corrected chi connectivity index (χ2v) is 5.15. The molecular formula is C11H22N2. The van der Waals surface area contributed by atoms with E-state index in [1.54, 1.807) is 0 Å². The Labute approximate surface area is 81.5 Å². The Morgan fingerprint density at radius 3 is 2.92 bits per heavy atom. The van der Waals surface area contributed by atoms with E-state index in [9.17, 15) is 0 Å². The molecule has 2 N–H and O–H groups in total. The van der Waals surface area contributed by atoms with Gasteiger partial charge in [-0.1, -0.05) is 19.8 Å². The Morgan fingerprint density at radius 2 is 2.31 bits per heavy atom. The molecule has 1 saturated heterocycles. The van der Waals surface area contributed by atoms with Crippen LogP contribution < -0.4 is 10.6 Å². The topological polar surface area (TPSA) is 24.1 Å². The van der Waals surface area contributed by atoms with Crippen LogP contribution in [-0.2, 0) is 0 Å². The predicted molar refractivity (Wildman–Crippen MR) is 55.8 cm³/mol. The number of rotatable bonds is 5. The molecule has 1 saturated carbocycles. The van der Waals surface area contributed by atoms with E-state index in [2.05, 4.69) is 17.6 Å². The van der Waals surface area contributed by atoms with Gasteiger partial charge in [0.2, 0.25) is 0 Å². The molecule has 0 radical (unpaired) electrons. The van der Waals surface area contributed by atoms with Crippen molar-refractivity contribution in [2.45, 2.75) is 32.6 Å². The molecule has 76 valence electrons. The van der Waals surface area contributed by atoms with Crippen molar-refractivity contribution < 1.29 is 0 Å². The van der Waals surface area contributed by atoms with E-state index in [0.29, 0.717) is 5.41 Å². The molecule has 0 amide bonds. The average Bonchev–Trinajstić information content (AvgIpc) is 2.84. The third-order valence-corrected chi connectivity index (χ3v) is 3.44. The minimum atomic E-state index is 0.531. The van der Waals surface area contributed by atoms with E-state index in [4.69, 9.17) is 0 Å². The molecule has 0 aromatic rings. The van der Waals surface area contributed by atoms with Gasteiger partial charge in [-0.2, -0.15) is 0 Å². The van der Waals surface area contributed by atoms with Crippen LogP contribution in [0, 0.1) is 11.3 Å². The summed E-state index contributed by atoms with van der Waals surface area (Å²) in [7, 11) is 0. The van der Waals surface area contributed by atoms with Crippen LogP contribution in [0.15, 0.2) is 0 Å². The van der Waals surface area contributed by atoms with Crippen LogP contribution >= 0.6 is 0 Å². The molecule has 2 heteroatoms. The van der Waals surface area contributed by atoms with Crippen molar-refractivity contribution in [1.29, 1.82) is 0 Å². The number of hydrogen-bond acceptors (Lipinski definition) is 2. The van der Waals surface area contributed by atoms with E-state index in [-0.39, 0.29) is 0 Å². The highest BCUT2D eigenvalue weighted by atomic mass is 15.0. The van der Waals surface area contributed by atoms with Crippen molar-refractivity contribution in [3.63, 3.8) is 0 Å². The van der Waals surface area contributed by atoms with E-state index < -0.39 is 0 Å². The van der Waals surface area contributed by atoms with Crippen LogP contribution in [0.1, 0.15) is 32.6 Å². The van der Waals surface area contributed by atoms with Gasteiger partial charge >= 0.3 is 0 Å². The first-order chi connectivity index (χ1) is 6.29. The van der Waals surface area contributed by atoms with Gasteiger partial charge in [-0.05, 0) is 37.3 Å². The first-order valence-electron chi connectivity index (χ1n) is 5.70. The molecule has 0 aromatic carbocycles. The molecule has 13 heavy (non-hydrogen) atoms. The predicted octanol–water partition coefficient (Wildman–Crippen LogP) is 1.38. The molecule has 2 aliphatic rings. The van der Waals surface area contributed by atoms with Gasteiger partial charge in [0, 0.05) is 13.1 Å². The van der Waals surface area contributed by atoms with Crippen molar-refractivity contribution in [2.24, 2.45) is 11.3 Å². The monoisotopic (exact) mass is 182 g/mol. The summed E-state index contributed by atoms with van der Waals surface area (Å²) in [6.07, 6.45) is 5.72. The molecule has 0 aromatic heterocycles. The van der Waals surface area contributed by atoms with Gasteiger partial charge in [0.25, 0.3) is 0 Å².